The summed E-state index contributed by atoms with van der Waals surface area (Å²) in [6.45, 7) is 2.58. The van der Waals surface area contributed by atoms with Crippen LogP contribution in [0.2, 0.25) is 0 Å². The van der Waals surface area contributed by atoms with E-state index in [4.69, 9.17) is 5.73 Å². The van der Waals surface area contributed by atoms with Crippen LogP contribution in [0, 0.1) is 11.8 Å². The topological polar surface area (TPSA) is 55.1 Å². The largest absolute Gasteiger partial charge is 0.384 e. The third-order valence-corrected chi connectivity index (χ3v) is 1.90. The smallest absolute Gasteiger partial charge is 0.248 e. The Morgan fingerprint density at radius 1 is 1.53 bits per heavy atom. The number of carbonyl (C=O) groups excluding carboxylic acids is 1. The molecule has 0 spiro atoms. The highest BCUT2D eigenvalue weighted by Crippen LogP contribution is 2.09. The molecule has 3 heteroatoms. The summed E-state index contributed by atoms with van der Waals surface area (Å²) in [6, 6.07) is 7.13. The van der Waals surface area contributed by atoms with E-state index in [0.717, 1.165) is 18.7 Å². The zero-order valence-corrected chi connectivity index (χ0v) is 8.71. The highest BCUT2D eigenvalue weighted by Gasteiger charge is 1.99. The molecule has 0 aliphatic rings. The lowest BCUT2D eigenvalue weighted by atomic mass is 10.2. The van der Waals surface area contributed by atoms with E-state index in [1.807, 2.05) is 13.0 Å². The lowest BCUT2D eigenvalue weighted by molar-refractivity contribution is 0.100. The molecule has 15 heavy (non-hydrogen) atoms. The fourth-order valence-corrected chi connectivity index (χ4v) is 1.18. The first-order chi connectivity index (χ1) is 7.24. The first-order valence-corrected chi connectivity index (χ1v) is 4.77. The van der Waals surface area contributed by atoms with Crippen LogP contribution in [-0.4, -0.2) is 12.5 Å². The van der Waals surface area contributed by atoms with Crippen molar-refractivity contribution in [2.75, 3.05) is 11.9 Å². The Morgan fingerprint density at radius 2 is 2.33 bits per heavy atom. The summed E-state index contributed by atoms with van der Waals surface area (Å²) < 4.78 is 0. The summed E-state index contributed by atoms with van der Waals surface area (Å²) in [6.07, 6.45) is 0.789. The number of hydrogen-bond acceptors (Lipinski definition) is 2. The van der Waals surface area contributed by atoms with E-state index in [1.165, 1.54) is 0 Å². The van der Waals surface area contributed by atoms with Crippen molar-refractivity contribution in [3.8, 4) is 11.8 Å². The summed E-state index contributed by atoms with van der Waals surface area (Å²) in [5, 5.41) is 3.16. The highest BCUT2D eigenvalue weighted by atomic mass is 16.1. The molecule has 3 N–H and O–H groups in total. The van der Waals surface area contributed by atoms with Gasteiger partial charge in [0.05, 0.1) is 0 Å². The zero-order chi connectivity index (χ0) is 11.1. The number of benzene rings is 1. The Bertz CT molecular complexity index is 402. The Balaban J connectivity index is 2.56. The van der Waals surface area contributed by atoms with Crippen molar-refractivity contribution in [2.24, 2.45) is 5.73 Å². The second-order valence-corrected chi connectivity index (χ2v) is 3.05. The van der Waals surface area contributed by atoms with Crippen molar-refractivity contribution in [1.29, 1.82) is 0 Å². The van der Waals surface area contributed by atoms with Crippen LogP contribution in [0.4, 0.5) is 5.69 Å². The molecule has 0 atom stereocenters. The van der Waals surface area contributed by atoms with E-state index in [2.05, 4.69) is 17.2 Å². The van der Waals surface area contributed by atoms with Crippen LogP contribution in [0.1, 0.15) is 23.7 Å². The number of hydrogen-bond donors (Lipinski definition) is 2. The molecule has 0 saturated heterocycles. The van der Waals surface area contributed by atoms with E-state index >= 15 is 0 Å². The molecule has 1 aromatic rings. The number of amides is 1. The Kier molecular flexibility index (Phi) is 4.24. The first kappa shape index (κ1) is 11.1. The molecule has 0 aliphatic heterocycles. The molecule has 1 rings (SSSR count). The van der Waals surface area contributed by atoms with Gasteiger partial charge in [-0.3, -0.25) is 4.79 Å². The minimum absolute atomic E-state index is 0.410. The van der Waals surface area contributed by atoms with Gasteiger partial charge in [-0.1, -0.05) is 6.07 Å². The normalized spacial score (nSPS) is 8.87. The van der Waals surface area contributed by atoms with E-state index < -0.39 is 5.91 Å². The zero-order valence-electron chi connectivity index (χ0n) is 8.71. The van der Waals surface area contributed by atoms with Gasteiger partial charge in [0, 0.05) is 24.2 Å². The fourth-order valence-electron chi connectivity index (χ4n) is 1.18. The fraction of sp³-hybridized carbons (Fsp3) is 0.250. The van der Waals surface area contributed by atoms with Gasteiger partial charge in [0.2, 0.25) is 5.91 Å². The van der Waals surface area contributed by atoms with Crippen LogP contribution in [0.5, 0.6) is 0 Å². The Hall–Kier alpha value is -1.95. The summed E-state index contributed by atoms with van der Waals surface area (Å²) in [7, 11) is 0. The number of anilines is 1. The third kappa shape index (κ3) is 3.74. The number of nitrogens with two attached hydrogens (primary N) is 1. The minimum atomic E-state index is -0.410. The molecule has 0 heterocycles. The summed E-state index contributed by atoms with van der Waals surface area (Å²) >= 11 is 0. The second-order valence-electron chi connectivity index (χ2n) is 3.05. The van der Waals surface area contributed by atoms with E-state index in [-0.39, 0.29) is 0 Å². The van der Waals surface area contributed by atoms with Crippen LogP contribution in [0.25, 0.3) is 0 Å². The number of carbonyl (C=O) groups is 1. The van der Waals surface area contributed by atoms with Crippen molar-refractivity contribution in [1.82, 2.24) is 0 Å². The lowest BCUT2D eigenvalue weighted by Crippen LogP contribution is -2.11. The van der Waals surface area contributed by atoms with Crippen LogP contribution >= 0.6 is 0 Å². The Morgan fingerprint density at radius 3 is 3.00 bits per heavy atom. The molecule has 0 aromatic heterocycles. The SMILES string of the molecule is CC#CCCNc1cccc(C(N)=O)c1. The average Bonchev–Trinajstić information content (AvgIpc) is 2.25. The van der Waals surface area contributed by atoms with Crippen molar-refractivity contribution in [2.45, 2.75) is 13.3 Å². The molecule has 0 fully saturated rings. The molecule has 1 amide bonds. The van der Waals surface area contributed by atoms with Gasteiger partial charge in [-0.05, 0) is 25.1 Å². The second kappa shape index (κ2) is 5.71. The van der Waals surface area contributed by atoms with Crippen molar-refractivity contribution >= 4 is 11.6 Å². The molecular formula is C12H14N2O. The summed E-state index contributed by atoms with van der Waals surface area (Å²) in [4.78, 5) is 10.9. The molecule has 0 aliphatic carbocycles. The van der Waals surface area contributed by atoms with E-state index in [9.17, 15) is 4.79 Å². The maximum Gasteiger partial charge on any atom is 0.248 e. The van der Waals surface area contributed by atoms with Crippen LogP contribution < -0.4 is 11.1 Å². The maximum absolute atomic E-state index is 10.9. The number of primary amides is 1. The van der Waals surface area contributed by atoms with Gasteiger partial charge in [-0.25, -0.2) is 0 Å². The van der Waals surface area contributed by atoms with E-state index in [1.54, 1.807) is 18.2 Å². The monoisotopic (exact) mass is 202 g/mol. The van der Waals surface area contributed by atoms with Crippen molar-refractivity contribution in [3.05, 3.63) is 29.8 Å². The highest BCUT2D eigenvalue weighted by molar-refractivity contribution is 5.93. The van der Waals surface area contributed by atoms with Crippen molar-refractivity contribution < 1.29 is 4.79 Å². The molecule has 78 valence electrons. The average molecular weight is 202 g/mol. The molecule has 0 bridgehead atoms. The molecular weight excluding hydrogens is 188 g/mol. The predicted molar refractivity (Wildman–Crippen MR) is 61.5 cm³/mol. The van der Waals surface area contributed by atoms with Crippen molar-refractivity contribution in [3.63, 3.8) is 0 Å². The van der Waals surface area contributed by atoms with Crippen LogP contribution in [-0.2, 0) is 0 Å². The van der Waals surface area contributed by atoms with Gasteiger partial charge in [0.25, 0.3) is 0 Å². The van der Waals surface area contributed by atoms with Gasteiger partial charge in [0.15, 0.2) is 0 Å². The molecule has 1 aromatic carbocycles. The lowest BCUT2D eigenvalue weighted by Gasteiger charge is -2.04. The predicted octanol–water partition coefficient (Wildman–Crippen LogP) is 1.61. The van der Waals surface area contributed by atoms with Gasteiger partial charge >= 0.3 is 0 Å². The molecule has 0 unspecified atom stereocenters. The first-order valence-electron chi connectivity index (χ1n) is 4.77. The standard InChI is InChI=1S/C12H14N2O/c1-2-3-4-8-14-11-7-5-6-10(9-11)12(13)15/h5-7,9,14H,4,8H2,1H3,(H2,13,15). The van der Waals surface area contributed by atoms with E-state index in [0.29, 0.717) is 5.56 Å². The molecule has 3 nitrogen and oxygen atoms in total. The number of rotatable bonds is 4. The number of nitrogens with one attached hydrogen (secondary N) is 1. The third-order valence-electron chi connectivity index (χ3n) is 1.90. The van der Waals surface area contributed by atoms with Gasteiger partial charge in [0.1, 0.15) is 0 Å². The quantitative estimate of drug-likeness (QED) is 0.575. The Labute approximate surface area is 89.7 Å². The summed E-state index contributed by atoms with van der Waals surface area (Å²) in [5.74, 6) is 5.36. The van der Waals surface area contributed by atoms with Gasteiger partial charge in [-0.15, -0.1) is 11.8 Å². The molecule has 0 saturated carbocycles. The van der Waals surface area contributed by atoms with Crippen LogP contribution in [0.15, 0.2) is 24.3 Å². The van der Waals surface area contributed by atoms with Gasteiger partial charge in [-0.2, -0.15) is 0 Å². The minimum Gasteiger partial charge on any atom is -0.384 e. The maximum atomic E-state index is 10.9. The molecule has 0 radical (unpaired) electrons. The van der Waals surface area contributed by atoms with Gasteiger partial charge < -0.3 is 11.1 Å². The summed E-state index contributed by atoms with van der Waals surface area (Å²) in [5.41, 5.74) is 6.58. The van der Waals surface area contributed by atoms with Crippen LogP contribution in [0.3, 0.4) is 0 Å².